The van der Waals surface area contributed by atoms with Crippen LogP contribution in [-0.2, 0) is 12.8 Å². The van der Waals surface area contributed by atoms with Gasteiger partial charge in [0.1, 0.15) is 0 Å². The van der Waals surface area contributed by atoms with Gasteiger partial charge in [-0.15, -0.1) is 0 Å². The summed E-state index contributed by atoms with van der Waals surface area (Å²) in [6, 6.07) is 14.5. The number of aliphatic hydroxyl groups excluding tert-OH is 1. The number of amides is 1. The van der Waals surface area contributed by atoms with Crippen molar-refractivity contribution in [2.45, 2.75) is 37.7 Å². The first-order chi connectivity index (χ1) is 12.1. The zero-order valence-corrected chi connectivity index (χ0v) is 14.2. The average molecular weight is 340 g/mol. The van der Waals surface area contributed by atoms with Crippen LogP contribution in [0.4, 0.5) is 4.79 Å². The molecule has 1 aliphatic heterocycles. The first-order valence-corrected chi connectivity index (χ1v) is 8.78. The molecule has 0 aliphatic carbocycles. The van der Waals surface area contributed by atoms with Crippen molar-refractivity contribution in [2.24, 2.45) is 0 Å². The highest BCUT2D eigenvalue weighted by Gasteiger charge is 2.31. The number of carboxylic acid groups (broad SMARTS) is 1. The largest absolute Gasteiger partial charge is 0.465 e. The van der Waals surface area contributed by atoms with Gasteiger partial charge in [0.15, 0.2) is 0 Å². The van der Waals surface area contributed by atoms with Gasteiger partial charge in [-0.25, -0.2) is 4.79 Å². The minimum atomic E-state index is -0.968. The minimum Gasteiger partial charge on any atom is -0.465 e. The molecule has 1 amide bonds. The molecule has 2 atom stereocenters. The number of rotatable bonds is 5. The van der Waals surface area contributed by atoms with Crippen molar-refractivity contribution in [1.29, 1.82) is 0 Å². The summed E-state index contributed by atoms with van der Waals surface area (Å²) in [4.78, 5) is 16.8. The van der Waals surface area contributed by atoms with Crippen molar-refractivity contribution in [3.63, 3.8) is 0 Å². The monoisotopic (exact) mass is 340 g/mol. The van der Waals surface area contributed by atoms with E-state index in [1.807, 2.05) is 24.4 Å². The third-order valence-electron chi connectivity index (χ3n) is 4.87. The minimum absolute atomic E-state index is 0.0403. The summed E-state index contributed by atoms with van der Waals surface area (Å²) >= 11 is 0. The van der Waals surface area contributed by atoms with E-state index in [2.05, 4.69) is 29.2 Å². The molecule has 5 nitrogen and oxygen atoms in total. The summed E-state index contributed by atoms with van der Waals surface area (Å²) in [6.45, 7) is 0.620. The second-order valence-corrected chi connectivity index (χ2v) is 6.61. The Morgan fingerprint density at radius 1 is 1.16 bits per heavy atom. The summed E-state index contributed by atoms with van der Waals surface area (Å²) in [5.74, 6) is -0.0403. The number of carbonyl (C=O) groups is 1. The summed E-state index contributed by atoms with van der Waals surface area (Å²) in [5, 5.41) is 19.3. The lowest BCUT2D eigenvalue weighted by molar-refractivity contribution is 0.0503. The molecule has 2 aromatic rings. The van der Waals surface area contributed by atoms with Gasteiger partial charge in [0.25, 0.3) is 0 Å². The summed E-state index contributed by atoms with van der Waals surface area (Å²) in [5.41, 5.74) is 3.38. The average Bonchev–Trinajstić information content (AvgIpc) is 2.63. The molecule has 1 aromatic heterocycles. The molecular formula is C20H24N2O3. The number of β-amino-alcohol motifs (C(OH)–C–C–N with tert-alkyl or cyclic N) is 1. The predicted octanol–water partition coefficient (Wildman–Crippen LogP) is 3.09. The molecule has 5 heteroatoms. The maximum atomic E-state index is 11.0. The Labute approximate surface area is 147 Å². The highest BCUT2D eigenvalue weighted by molar-refractivity contribution is 5.65. The fourth-order valence-electron chi connectivity index (χ4n) is 3.42. The smallest absolute Gasteiger partial charge is 0.407 e. The first-order valence-electron chi connectivity index (χ1n) is 8.78. The number of likely N-dealkylation sites (tertiary alicyclic amines) is 1. The van der Waals surface area contributed by atoms with Crippen LogP contribution in [-0.4, -0.2) is 45.4 Å². The molecule has 25 heavy (non-hydrogen) atoms. The molecule has 2 N–H and O–H groups in total. The van der Waals surface area contributed by atoms with E-state index in [1.54, 1.807) is 0 Å². The molecule has 1 aliphatic rings. The Morgan fingerprint density at radius 3 is 2.60 bits per heavy atom. The van der Waals surface area contributed by atoms with Crippen molar-refractivity contribution in [1.82, 2.24) is 9.88 Å². The maximum absolute atomic E-state index is 11.0. The van der Waals surface area contributed by atoms with E-state index in [1.165, 1.54) is 10.5 Å². The molecule has 132 valence electrons. The van der Waals surface area contributed by atoms with Gasteiger partial charge in [-0.05, 0) is 42.9 Å². The van der Waals surface area contributed by atoms with Crippen LogP contribution in [0.25, 0.3) is 0 Å². The highest BCUT2D eigenvalue weighted by Crippen LogP contribution is 2.28. The molecule has 1 fully saturated rings. The number of piperidine rings is 1. The van der Waals surface area contributed by atoms with E-state index in [0.29, 0.717) is 13.0 Å². The van der Waals surface area contributed by atoms with Gasteiger partial charge in [-0.2, -0.15) is 0 Å². The number of hydrogen-bond donors (Lipinski definition) is 2. The van der Waals surface area contributed by atoms with Crippen molar-refractivity contribution < 1.29 is 15.0 Å². The molecule has 1 aromatic carbocycles. The number of benzene rings is 1. The van der Waals surface area contributed by atoms with Crippen molar-refractivity contribution >= 4 is 6.09 Å². The molecule has 0 bridgehead atoms. The number of aliphatic hydroxyl groups is 1. The maximum Gasteiger partial charge on any atom is 0.407 e. The van der Waals surface area contributed by atoms with Gasteiger partial charge >= 0.3 is 6.09 Å². The quantitative estimate of drug-likeness (QED) is 0.877. The van der Waals surface area contributed by atoms with E-state index < -0.39 is 12.2 Å². The summed E-state index contributed by atoms with van der Waals surface area (Å²) in [7, 11) is 0. The zero-order chi connectivity index (χ0) is 17.6. The normalized spacial score (nSPS) is 20.4. The lowest BCUT2D eigenvalue weighted by Gasteiger charge is -2.34. The number of nitrogens with zero attached hydrogens (tertiary/aromatic N) is 2. The van der Waals surface area contributed by atoms with E-state index >= 15 is 0 Å². The first kappa shape index (κ1) is 17.4. The van der Waals surface area contributed by atoms with E-state index in [9.17, 15) is 9.90 Å². The van der Waals surface area contributed by atoms with Crippen molar-refractivity contribution in [3.05, 3.63) is 65.5 Å². The van der Waals surface area contributed by atoms with Crippen LogP contribution in [0.5, 0.6) is 0 Å². The molecule has 2 heterocycles. The Balaban J connectivity index is 1.53. The number of aryl methyl sites for hydroxylation is 2. The second kappa shape index (κ2) is 8.12. The zero-order valence-electron chi connectivity index (χ0n) is 14.2. The van der Waals surface area contributed by atoms with Gasteiger partial charge < -0.3 is 15.1 Å². The van der Waals surface area contributed by atoms with Crippen LogP contribution < -0.4 is 0 Å². The number of pyridine rings is 1. The SMILES string of the molecule is O=C(O)N1CCC(c2ccc(CCCc3ccccc3)nc2)C(O)C1. The molecule has 3 rings (SSSR count). The van der Waals surface area contributed by atoms with E-state index in [4.69, 9.17) is 5.11 Å². The molecule has 0 saturated carbocycles. The Bertz CT molecular complexity index is 688. The topological polar surface area (TPSA) is 73.7 Å². The van der Waals surface area contributed by atoms with E-state index in [0.717, 1.165) is 30.5 Å². The molecule has 1 saturated heterocycles. The molecular weight excluding hydrogens is 316 g/mol. The van der Waals surface area contributed by atoms with E-state index in [-0.39, 0.29) is 12.5 Å². The standard InChI is InChI=1S/C20H24N2O3/c23-19-14-22(20(24)25)12-11-18(19)16-9-10-17(21-13-16)8-4-7-15-5-2-1-3-6-15/h1-3,5-6,9-10,13,18-19,23H,4,7-8,11-12,14H2,(H,24,25). The van der Waals surface area contributed by atoms with Crippen LogP contribution >= 0.6 is 0 Å². The lowest BCUT2D eigenvalue weighted by Crippen LogP contribution is -2.45. The molecule has 0 spiro atoms. The lowest BCUT2D eigenvalue weighted by atomic mass is 9.88. The second-order valence-electron chi connectivity index (χ2n) is 6.61. The van der Waals surface area contributed by atoms with Crippen LogP contribution in [0.3, 0.4) is 0 Å². The Morgan fingerprint density at radius 2 is 1.96 bits per heavy atom. The van der Waals surface area contributed by atoms with Crippen LogP contribution in [0.2, 0.25) is 0 Å². The fourth-order valence-corrected chi connectivity index (χ4v) is 3.42. The Hall–Kier alpha value is -2.40. The fraction of sp³-hybridized carbons (Fsp3) is 0.400. The van der Waals surface area contributed by atoms with Crippen LogP contribution in [0.1, 0.15) is 35.6 Å². The van der Waals surface area contributed by atoms with Crippen molar-refractivity contribution in [2.75, 3.05) is 13.1 Å². The van der Waals surface area contributed by atoms with Gasteiger partial charge in [-0.1, -0.05) is 36.4 Å². The molecule has 0 radical (unpaired) electrons. The van der Waals surface area contributed by atoms with Crippen LogP contribution in [0, 0.1) is 0 Å². The van der Waals surface area contributed by atoms with Gasteiger partial charge in [0.2, 0.25) is 0 Å². The molecule has 2 unspecified atom stereocenters. The van der Waals surface area contributed by atoms with Gasteiger partial charge in [0.05, 0.1) is 12.6 Å². The van der Waals surface area contributed by atoms with Crippen molar-refractivity contribution in [3.8, 4) is 0 Å². The highest BCUT2D eigenvalue weighted by atomic mass is 16.4. The number of hydrogen-bond acceptors (Lipinski definition) is 3. The number of aromatic nitrogens is 1. The summed E-state index contributed by atoms with van der Waals surface area (Å²) in [6.07, 6.45) is 3.84. The van der Waals surface area contributed by atoms with Crippen LogP contribution in [0.15, 0.2) is 48.7 Å². The third kappa shape index (κ3) is 4.57. The third-order valence-corrected chi connectivity index (χ3v) is 4.87. The predicted molar refractivity (Wildman–Crippen MR) is 95.7 cm³/mol. The van der Waals surface area contributed by atoms with Gasteiger partial charge in [-0.3, -0.25) is 4.98 Å². The Kier molecular flexibility index (Phi) is 5.66. The summed E-state index contributed by atoms with van der Waals surface area (Å²) < 4.78 is 0. The van der Waals surface area contributed by atoms with Gasteiger partial charge in [0, 0.05) is 24.4 Å².